The van der Waals surface area contributed by atoms with E-state index in [1.165, 1.54) is 6.42 Å². The molecule has 1 atom stereocenters. The molecule has 0 radical (unpaired) electrons. The van der Waals surface area contributed by atoms with Crippen LogP contribution in [0.5, 0.6) is 0 Å². The van der Waals surface area contributed by atoms with Gasteiger partial charge in [0.2, 0.25) is 0 Å². The SMILES string of the molecule is CC(C)N(CCCC(=O)O)C(=O)NC1CCCCC1(C)C. The summed E-state index contributed by atoms with van der Waals surface area (Å²) in [5.74, 6) is -0.812. The van der Waals surface area contributed by atoms with Gasteiger partial charge in [0, 0.05) is 25.0 Å². The summed E-state index contributed by atoms with van der Waals surface area (Å²) in [5.41, 5.74) is 0.137. The van der Waals surface area contributed by atoms with Gasteiger partial charge >= 0.3 is 12.0 Å². The molecule has 1 aliphatic rings. The summed E-state index contributed by atoms with van der Waals surface area (Å²) in [6, 6.07) is 0.223. The third-order valence-corrected chi connectivity index (χ3v) is 4.48. The normalized spacial score (nSPS) is 21.1. The fourth-order valence-electron chi connectivity index (χ4n) is 2.99. The zero-order chi connectivity index (χ0) is 16.0. The second-order valence-corrected chi connectivity index (χ2v) is 7.02. The summed E-state index contributed by atoms with van der Waals surface area (Å²) in [7, 11) is 0. The predicted molar refractivity (Wildman–Crippen MR) is 83.3 cm³/mol. The average molecular weight is 298 g/mol. The van der Waals surface area contributed by atoms with E-state index in [1.54, 1.807) is 4.90 Å². The number of nitrogens with one attached hydrogen (secondary N) is 1. The van der Waals surface area contributed by atoms with Gasteiger partial charge in [-0.2, -0.15) is 0 Å². The fraction of sp³-hybridized carbons (Fsp3) is 0.875. The molecule has 1 unspecified atom stereocenters. The lowest BCUT2D eigenvalue weighted by Gasteiger charge is -2.40. The van der Waals surface area contributed by atoms with Gasteiger partial charge in [0.15, 0.2) is 0 Å². The molecule has 0 aromatic rings. The van der Waals surface area contributed by atoms with Crippen molar-refractivity contribution in [2.75, 3.05) is 6.54 Å². The van der Waals surface area contributed by atoms with Gasteiger partial charge < -0.3 is 15.3 Å². The van der Waals surface area contributed by atoms with Crippen LogP contribution in [-0.4, -0.2) is 40.6 Å². The van der Waals surface area contributed by atoms with Crippen molar-refractivity contribution < 1.29 is 14.7 Å². The smallest absolute Gasteiger partial charge is 0.317 e. The summed E-state index contributed by atoms with van der Waals surface area (Å²) >= 11 is 0. The highest BCUT2D eigenvalue weighted by atomic mass is 16.4. The topological polar surface area (TPSA) is 69.6 Å². The first-order chi connectivity index (χ1) is 9.74. The van der Waals surface area contributed by atoms with Crippen LogP contribution in [0.1, 0.15) is 66.2 Å². The summed E-state index contributed by atoms with van der Waals surface area (Å²) in [6.07, 6.45) is 5.15. The quantitative estimate of drug-likeness (QED) is 0.791. The number of carboxylic acids is 1. The molecule has 0 saturated heterocycles. The number of hydrogen-bond acceptors (Lipinski definition) is 2. The van der Waals surface area contributed by atoms with Gasteiger partial charge in [-0.25, -0.2) is 4.79 Å². The van der Waals surface area contributed by atoms with Crippen LogP contribution in [0.4, 0.5) is 4.79 Å². The Balaban J connectivity index is 2.57. The monoisotopic (exact) mass is 298 g/mol. The van der Waals surface area contributed by atoms with E-state index in [1.807, 2.05) is 13.8 Å². The van der Waals surface area contributed by atoms with Crippen LogP contribution in [0.25, 0.3) is 0 Å². The van der Waals surface area contributed by atoms with Crippen molar-refractivity contribution in [3.8, 4) is 0 Å². The minimum absolute atomic E-state index is 0.0598. The standard InChI is InChI=1S/C16H30N2O3/c1-12(2)18(11-7-9-14(19)20)15(21)17-13-8-5-6-10-16(13,3)4/h12-13H,5-11H2,1-4H3,(H,17,21)(H,19,20). The van der Waals surface area contributed by atoms with E-state index in [0.717, 1.165) is 19.3 Å². The van der Waals surface area contributed by atoms with Crippen LogP contribution in [0.15, 0.2) is 0 Å². The Morgan fingerprint density at radius 2 is 2.00 bits per heavy atom. The van der Waals surface area contributed by atoms with Crippen LogP contribution in [-0.2, 0) is 4.79 Å². The third-order valence-electron chi connectivity index (χ3n) is 4.48. The van der Waals surface area contributed by atoms with Gasteiger partial charge in [-0.05, 0) is 38.5 Å². The zero-order valence-corrected chi connectivity index (χ0v) is 13.8. The maximum atomic E-state index is 12.5. The number of carboxylic acid groups (broad SMARTS) is 1. The van der Waals surface area contributed by atoms with Crippen molar-refractivity contribution >= 4 is 12.0 Å². The van der Waals surface area contributed by atoms with Crippen molar-refractivity contribution in [2.45, 2.75) is 78.3 Å². The molecule has 5 heteroatoms. The molecule has 2 amide bonds. The number of carbonyl (C=O) groups excluding carboxylic acids is 1. The lowest BCUT2D eigenvalue weighted by atomic mass is 9.73. The van der Waals surface area contributed by atoms with E-state index in [-0.39, 0.29) is 30.0 Å². The molecule has 0 aromatic carbocycles. The Kier molecular flexibility index (Phi) is 6.49. The summed E-state index contributed by atoms with van der Waals surface area (Å²) in [4.78, 5) is 24.8. The predicted octanol–water partition coefficient (Wildman–Crippen LogP) is 3.24. The van der Waals surface area contributed by atoms with E-state index in [0.29, 0.717) is 13.0 Å². The number of urea groups is 1. The second-order valence-electron chi connectivity index (χ2n) is 7.02. The van der Waals surface area contributed by atoms with E-state index >= 15 is 0 Å². The second kappa shape index (κ2) is 7.66. The van der Waals surface area contributed by atoms with Crippen molar-refractivity contribution in [3.05, 3.63) is 0 Å². The highest BCUT2D eigenvalue weighted by Crippen LogP contribution is 2.35. The lowest BCUT2D eigenvalue weighted by Crippen LogP contribution is -2.53. The van der Waals surface area contributed by atoms with Crippen LogP contribution in [0, 0.1) is 5.41 Å². The maximum absolute atomic E-state index is 12.5. The summed E-state index contributed by atoms with van der Waals surface area (Å²) in [6.45, 7) is 8.84. The van der Waals surface area contributed by atoms with Gasteiger partial charge in [0.1, 0.15) is 0 Å². The molecule has 0 aliphatic heterocycles. The Bertz CT molecular complexity index is 367. The first-order valence-electron chi connectivity index (χ1n) is 8.03. The van der Waals surface area contributed by atoms with Crippen molar-refractivity contribution in [1.29, 1.82) is 0 Å². The van der Waals surface area contributed by atoms with Crippen LogP contribution < -0.4 is 5.32 Å². The molecule has 0 aromatic heterocycles. The highest BCUT2D eigenvalue weighted by molar-refractivity contribution is 5.75. The summed E-state index contributed by atoms with van der Waals surface area (Å²) in [5, 5.41) is 11.9. The fourth-order valence-corrected chi connectivity index (χ4v) is 2.99. The zero-order valence-electron chi connectivity index (χ0n) is 13.8. The molecular formula is C16H30N2O3. The van der Waals surface area contributed by atoms with Crippen molar-refractivity contribution in [1.82, 2.24) is 10.2 Å². The Labute approximate surface area is 128 Å². The number of carbonyl (C=O) groups is 2. The van der Waals surface area contributed by atoms with Crippen LogP contribution in [0.3, 0.4) is 0 Å². The molecule has 1 saturated carbocycles. The molecule has 21 heavy (non-hydrogen) atoms. The molecule has 1 rings (SSSR count). The number of nitrogens with zero attached hydrogens (tertiary/aromatic N) is 1. The minimum atomic E-state index is -0.812. The summed E-state index contributed by atoms with van der Waals surface area (Å²) < 4.78 is 0. The first kappa shape index (κ1) is 17.8. The van der Waals surface area contributed by atoms with E-state index < -0.39 is 5.97 Å². The largest absolute Gasteiger partial charge is 0.481 e. The molecule has 2 N–H and O–H groups in total. The Morgan fingerprint density at radius 1 is 1.33 bits per heavy atom. The van der Waals surface area contributed by atoms with Crippen LogP contribution in [0.2, 0.25) is 0 Å². The number of hydrogen-bond donors (Lipinski definition) is 2. The van der Waals surface area contributed by atoms with Gasteiger partial charge in [0.05, 0.1) is 0 Å². The Morgan fingerprint density at radius 3 is 2.52 bits per heavy atom. The Hall–Kier alpha value is -1.26. The molecule has 0 heterocycles. The highest BCUT2D eigenvalue weighted by Gasteiger charge is 2.34. The first-order valence-corrected chi connectivity index (χ1v) is 8.03. The molecule has 0 spiro atoms. The van der Waals surface area contributed by atoms with Gasteiger partial charge in [-0.15, -0.1) is 0 Å². The molecule has 1 aliphatic carbocycles. The van der Waals surface area contributed by atoms with Gasteiger partial charge in [-0.3, -0.25) is 4.79 Å². The van der Waals surface area contributed by atoms with Gasteiger partial charge in [0.25, 0.3) is 0 Å². The molecular weight excluding hydrogens is 268 g/mol. The number of amides is 2. The number of aliphatic carboxylic acids is 1. The van der Waals surface area contributed by atoms with Crippen molar-refractivity contribution in [3.63, 3.8) is 0 Å². The van der Waals surface area contributed by atoms with Gasteiger partial charge in [-0.1, -0.05) is 26.7 Å². The maximum Gasteiger partial charge on any atom is 0.317 e. The van der Waals surface area contributed by atoms with E-state index in [9.17, 15) is 9.59 Å². The lowest BCUT2D eigenvalue weighted by molar-refractivity contribution is -0.137. The number of rotatable bonds is 6. The van der Waals surface area contributed by atoms with E-state index in [4.69, 9.17) is 5.11 Å². The van der Waals surface area contributed by atoms with Crippen molar-refractivity contribution in [2.24, 2.45) is 5.41 Å². The molecule has 1 fully saturated rings. The minimum Gasteiger partial charge on any atom is -0.481 e. The molecule has 5 nitrogen and oxygen atoms in total. The van der Waals surface area contributed by atoms with E-state index in [2.05, 4.69) is 19.2 Å². The molecule has 122 valence electrons. The average Bonchev–Trinajstić information content (AvgIpc) is 2.36. The van der Waals surface area contributed by atoms with Crippen LogP contribution >= 0.6 is 0 Å². The third kappa shape index (κ3) is 5.56. The molecule has 0 bridgehead atoms.